The number of nitrogens with zero attached hydrogens (tertiary/aromatic N) is 1. The number of methoxy groups -OCH3 is 2. The molecular weight excluding hydrogens is 439 g/mol. The largest absolute Gasteiger partial charge is 0.497 e. The fourth-order valence-corrected chi connectivity index (χ4v) is 3.71. The van der Waals surface area contributed by atoms with Crippen molar-refractivity contribution in [2.75, 3.05) is 32.7 Å². The highest BCUT2D eigenvalue weighted by molar-refractivity contribution is 5.90. The summed E-state index contributed by atoms with van der Waals surface area (Å²) in [4.78, 5) is 14.7. The van der Waals surface area contributed by atoms with Gasteiger partial charge in [0.25, 0.3) is 0 Å². The molecule has 8 heteroatoms. The number of carbonyl (C=O) groups is 1. The van der Waals surface area contributed by atoms with Gasteiger partial charge in [-0.3, -0.25) is 0 Å². The van der Waals surface area contributed by atoms with E-state index in [0.29, 0.717) is 50.1 Å². The van der Waals surface area contributed by atoms with Crippen molar-refractivity contribution in [3.05, 3.63) is 83.2 Å². The average Bonchev–Trinajstić information content (AvgIpc) is 3.06. The van der Waals surface area contributed by atoms with Crippen molar-refractivity contribution in [2.24, 2.45) is 0 Å². The number of nitrogens with one attached hydrogen (secondary N) is 1. The zero-order valence-electron chi connectivity index (χ0n) is 19.2. The summed E-state index contributed by atoms with van der Waals surface area (Å²) in [5, 5.41) is 2.91. The van der Waals surface area contributed by atoms with Crippen LogP contribution in [0.4, 0.5) is 14.9 Å². The Kier molecular flexibility index (Phi) is 7.49. The molecule has 0 atom stereocenters. The molecule has 0 aromatic heterocycles. The first kappa shape index (κ1) is 23.4. The first-order valence-corrected chi connectivity index (χ1v) is 10.9. The Morgan fingerprint density at radius 2 is 1.74 bits per heavy atom. The number of benzene rings is 3. The highest BCUT2D eigenvalue weighted by atomic mass is 19.1. The molecule has 1 aliphatic heterocycles. The smallest absolute Gasteiger partial charge is 0.322 e. The fraction of sp³-hybridized carbons (Fsp3) is 0.269. The Balaban J connectivity index is 1.41. The number of halogens is 1. The number of anilines is 1. The summed E-state index contributed by atoms with van der Waals surface area (Å²) in [5.74, 6) is 1.63. The third-order valence-corrected chi connectivity index (χ3v) is 5.42. The Bertz CT molecular complexity index is 1130. The maximum atomic E-state index is 13.3. The van der Waals surface area contributed by atoms with Crippen molar-refractivity contribution >= 4 is 11.7 Å². The number of hydrogen-bond acceptors (Lipinski definition) is 5. The van der Waals surface area contributed by atoms with Gasteiger partial charge in [-0.2, -0.15) is 0 Å². The van der Waals surface area contributed by atoms with E-state index in [1.54, 1.807) is 43.4 Å². The number of urea groups is 1. The molecule has 0 spiro atoms. The third-order valence-electron chi connectivity index (χ3n) is 5.42. The minimum absolute atomic E-state index is 0.250. The predicted octanol–water partition coefficient (Wildman–Crippen LogP) is 4.99. The van der Waals surface area contributed by atoms with Crippen LogP contribution in [0.1, 0.15) is 16.7 Å². The van der Waals surface area contributed by atoms with Gasteiger partial charge >= 0.3 is 6.03 Å². The molecule has 2 amide bonds. The Hall–Kier alpha value is -3.78. The SMILES string of the molecule is COc1cc(NC(=O)N2CCOc3ccc(COCc4cccc(F)c4)cc3C2)cc(OC)c1. The zero-order chi connectivity index (χ0) is 23.9. The molecule has 178 valence electrons. The molecule has 7 nitrogen and oxygen atoms in total. The van der Waals surface area contributed by atoms with Gasteiger partial charge in [-0.25, -0.2) is 9.18 Å². The van der Waals surface area contributed by atoms with Gasteiger partial charge in [-0.1, -0.05) is 18.2 Å². The van der Waals surface area contributed by atoms with Crippen LogP contribution in [-0.4, -0.2) is 38.3 Å². The van der Waals surface area contributed by atoms with E-state index in [2.05, 4.69) is 5.32 Å². The second-order valence-electron chi connectivity index (χ2n) is 7.87. The molecule has 1 aliphatic rings. The molecular formula is C26H27FN2O5. The summed E-state index contributed by atoms with van der Waals surface area (Å²) in [7, 11) is 3.12. The minimum atomic E-state index is -0.283. The molecule has 0 bridgehead atoms. The van der Waals surface area contributed by atoms with Gasteiger partial charge in [0.05, 0.1) is 40.5 Å². The van der Waals surface area contributed by atoms with Crippen molar-refractivity contribution < 1.29 is 28.1 Å². The van der Waals surface area contributed by atoms with Crippen LogP contribution in [0.25, 0.3) is 0 Å². The van der Waals surface area contributed by atoms with E-state index < -0.39 is 0 Å². The van der Waals surface area contributed by atoms with Gasteiger partial charge in [0, 0.05) is 29.4 Å². The molecule has 3 aromatic rings. The zero-order valence-corrected chi connectivity index (χ0v) is 19.2. The summed E-state index contributed by atoms with van der Waals surface area (Å²) >= 11 is 0. The molecule has 1 heterocycles. The summed E-state index contributed by atoms with van der Waals surface area (Å²) in [6.07, 6.45) is 0. The molecule has 0 saturated heterocycles. The number of ether oxygens (including phenoxy) is 4. The molecule has 1 N–H and O–H groups in total. The Labute approximate surface area is 198 Å². The van der Waals surface area contributed by atoms with Crippen molar-refractivity contribution in [3.8, 4) is 17.2 Å². The molecule has 0 radical (unpaired) electrons. The molecule has 3 aromatic carbocycles. The van der Waals surface area contributed by atoms with Crippen LogP contribution in [0.15, 0.2) is 60.7 Å². The second-order valence-corrected chi connectivity index (χ2v) is 7.87. The van der Waals surface area contributed by atoms with Gasteiger partial charge in [0.2, 0.25) is 0 Å². The van der Waals surface area contributed by atoms with Crippen LogP contribution >= 0.6 is 0 Å². The number of hydrogen-bond donors (Lipinski definition) is 1. The first-order chi connectivity index (χ1) is 16.5. The number of carbonyl (C=O) groups excluding carboxylic acids is 1. The lowest BCUT2D eigenvalue weighted by Crippen LogP contribution is -2.36. The van der Waals surface area contributed by atoms with Crippen LogP contribution < -0.4 is 19.5 Å². The van der Waals surface area contributed by atoms with E-state index in [9.17, 15) is 9.18 Å². The van der Waals surface area contributed by atoms with E-state index in [1.807, 2.05) is 24.3 Å². The second kappa shape index (κ2) is 10.9. The van der Waals surface area contributed by atoms with E-state index in [0.717, 1.165) is 22.4 Å². The molecule has 34 heavy (non-hydrogen) atoms. The van der Waals surface area contributed by atoms with Crippen molar-refractivity contribution in [1.29, 1.82) is 0 Å². The maximum Gasteiger partial charge on any atom is 0.322 e. The molecule has 0 unspecified atom stereocenters. The standard InChI is InChI=1S/C26H27FN2O5/c1-31-23-12-22(13-24(14-23)32-2)28-26(30)29-8-9-34-25-7-6-19(10-20(25)15-29)17-33-16-18-4-3-5-21(27)11-18/h3-7,10-14H,8-9,15-17H2,1-2H3,(H,28,30). The summed E-state index contributed by atoms with van der Waals surface area (Å²) in [6, 6.07) is 17.1. The van der Waals surface area contributed by atoms with Crippen LogP contribution in [0.5, 0.6) is 17.2 Å². The van der Waals surface area contributed by atoms with Gasteiger partial charge < -0.3 is 29.2 Å². The third kappa shape index (κ3) is 5.96. The van der Waals surface area contributed by atoms with E-state index in [4.69, 9.17) is 18.9 Å². The van der Waals surface area contributed by atoms with Crippen LogP contribution in [0, 0.1) is 5.82 Å². The Morgan fingerprint density at radius 3 is 2.44 bits per heavy atom. The van der Waals surface area contributed by atoms with Gasteiger partial charge in [0.15, 0.2) is 0 Å². The van der Waals surface area contributed by atoms with Crippen LogP contribution in [0.3, 0.4) is 0 Å². The van der Waals surface area contributed by atoms with Crippen molar-refractivity contribution in [2.45, 2.75) is 19.8 Å². The van der Waals surface area contributed by atoms with Gasteiger partial charge in [0.1, 0.15) is 29.7 Å². The Morgan fingerprint density at radius 1 is 1.00 bits per heavy atom. The molecule has 0 saturated carbocycles. The van der Waals surface area contributed by atoms with Gasteiger partial charge in [-0.05, 0) is 35.4 Å². The van der Waals surface area contributed by atoms with Crippen molar-refractivity contribution in [1.82, 2.24) is 4.90 Å². The molecule has 4 rings (SSSR count). The summed E-state index contributed by atoms with van der Waals surface area (Å²) < 4.78 is 35.5. The monoisotopic (exact) mass is 466 g/mol. The molecule has 0 aliphatic carbocycles. The number of amides is 2. The van der Waals surface area contributed by atoms with Gasteiger partial charge in [-0.15, -0.1) is 0 Å². The maximum absolute atomic E-state index is 13.3. The van der Waals surface area contributed by atoms with Crippen molar-refractivity contribution in [3.63, 3.8) is 0 Å². The van der Waals surface area contributed by atoms with Crippen LogP contribution in [-0.2, 0) is 24.5 Å². The van der Waals surface area contributed by atoms with Crippen LogP contribution in [0.2, 0.25) is 0 Å². The van der Waals surface area contributed by atoms with E-state index in [1.165, 1.54) is 12.1 Å². The summed E-state index contributed by atoms with van der Waals surface area (Å²) in [6.45, 7) is 1.88. The summed E-state index contributed by atoms with van der Waals surface area (Å²) in [5.41, 5.74) is 3.18. The quantitative estimate of drug-likeness (QED) is 0.532. The fourth-order valence-electron chi connectivity index (χ4n) is 3.71. The predicted molar refractivity (Wildman–Crippen MR) is 126 cm³/mol. The number of fused-ring (bicyclic) bond motifs is 1. The minimum Gasteiger partial charge on any atom is -0.497 e. The normalized spacial score (nSPS) is 12.9. The highest BCUT2D eigenvalue weighted by Crippen LogP contribution is 2.28. The first-order valence-electron chi connectivity index (χ1n) is 10.9. The van der Waals surface area contributed by atoms with E-state index in [-0.39, 0.29) is 11.8 Å². The lowest BCUT2D eigenvalue weighted by molar-refractivity contribution is 0.107. The topological polar surface area (TPSA) is 69.3 Å². The molecule has 0 fully saturated rings. The highest BCUT2D eigenvalue weighted by Gasteiger charge is 2.21. The lowest BCUT2D eigenvalue weighted by Gasteiger charge is -2.21. The average molecular weight is 467 g/mol. The lowest BCUT2D eigenvalue weighted by atomic mass is 10.1. The number of rotatable bonds is 7. The van der Waals surface area contributed by atoms with E-state index >= 15 is 0 Å².